The lowest BCUT2D eigenvalue weighted by Crippen LogP contribution is -2.44. The zero-order chi connectivity index (χ0) is 14.0. The topological polar surface area (TPSA) is 78.4 Å². The van der Waals surface area contributed by atoms with Crippen LogP contribution in [-0.4, -0.2) is 23.1 Å². The molecule has 1 aliphatic carbocycles. The van der Waals surface area contributed by atoms with Gasteiger partial charge in [0.2, 0.25) is 0 Å². The van der Waals surface area contributed by atoms with E-state index in [0.717, 1.165) is 17.3 Å². The summed E-state index contributed by atoms with van der Waals surface area (Å²) in [6.45, 7) is 0. The van der Waals surface area contributed by atoms with Crippen LogP contribution >= 0.6 is 27.5 Å². The minimum Gasteiger partial charge on any atom is -0.480 e. The molecule has 1 aromatic carbocycles. The summed E-state index contributed by atoms with van der Waals surface area (Å²) in [6, 6.07) is 3.61. The smallest absolute Gasteiger partial charge is 0.326 e. The fourth-order valence-corrected chi connectivity index (χ4v) is 2.42. The second kappa shape index (κ2) is 5.79. The van der Waals surface area contributed by atoms with Gasteiger partial charge in [-0.25, -0.2) is 9.59 Å². The first kappa shape index (κ1) is 14.1. The molecular formula is C12H12BrClN2O3. The number of rotatable bonds is 4. The molecule has 1 aromatic rings. The van der Waals surface area contributed by atoms with Crippen molar-refractivity contribution in [2.24, 2.45) is 5.92 Å². The molecule has 0 radical (unpaired) electrons. The van der Waals surface area contributed by atoms with E-state index >= 15 is 0 Å². The average molecular weight is 348 g/mol. The lowest BCUT2D eigenvalue weighted by molar-refractivity contribution is -0.139. The van der Waals surface area contributed by atoms with Crippen LogP contribution in [0.3, 0.4) is 0 Å². The quantitative estimate of drug-likeness (QED) is 0.783. The van der Waals surface area contributed by atoms with Crippen molar-refractivity contribution in [2.45, 2.75) is 18.9 Å². The zero-order valence-electron chi connectivity index (χ0n) is 9.82. The van der Waals surface area contributed by atoms with Crippen LogP contribution in [0.5, 0.6) is 0 Å². The molecule has 3 N–H and O–H groups in total. The van der Waals surface area contributed by atoms with Gasteiger partial charge in [0.1, 0.15) is 6.04 Å². The highest BCUT2D eigenvalue weighted by Gasteiger charge is 2.37. The van der Waals surface area contributed by atoms with E-state index in [2.05, 4.69) is 26.6 Å². The van der Waals surface area contributed by atoms with Crippen molar-refractivity contribution >= 4 is 45.2 Å². The Morgan fingerprint density at radius 2 is 2.11 bits per heavy atom. The molecule has 2 rings (SSSR count). The molecule has 5 nitrogen and oxygen atoms in total. The number of carbonyl (C=O) groups excluding carboxylic acids is 1. The molecule has 1 atom stereocenters. The van der Waals surface area contributed by atoms with Gasteiger partial charge in [0.15, 0.2) is 0 Å². The fourth-order valence-electron chi connectivity index (χ4n) is 1.70. The Balaban J connectivity index is 1.98. The number of amides is 2. The summed E-state index contributed by atoms with van der Waals surface area (Å²) < 4.78 is 0.796. The maximum atomic E-state index is 11.7. The van der Waals surface area contributed by atoms with Gasteiger partial charge in [-0.05, 0) is 37.0 Å². The van der Waals surface area contributed by atoms with Crippen molar-refractivity contribution in [3.63, 3.8) is 0 Å². The molecule has 0 spiro atoms. The zero-order valence-corrected chi connectivity index (χ0v) is 12.2. The van der Waals surface area contributed by atoms with Gasteiger partial charge in [0.25, 0.3) is 0 Å². The standard InChI is InChI=1S/C12H12BrClN2O3/c13-7-3-4-9(8(14)5-7)15-12(19)16-10(11(17)18)6-1-2-6/h3-6,10H,1-2H2,(H,17,18)(H2,15,16,19). The van der Waals surface area contributed by atoms with Crippen molar-refractivity contribution in [2.75, 3.05) is 5.32 Å². The van der Waals surface area contributed by atoms with Crippen molar-refractivity contribution in [1.82, 2.24) is 5.32 Å². The van der Waals surface area contributed by atoms with E-state index in [1.165, 1.54) is 0 Å². The average Bonchev–Trinajstić information content (AvgIpc) is 3.13. The highest BCUT2D eigenvalue weighted by atomic mass is 79.9. The summed E-state index contributed by atoms with van der Waals surface area (Å²) in [4.78, 5) is 22.7. The van der Waals surface area contributed by atoms with Gasteiger partial charge in [-0.2, -0.15) is 0 Å². The summed E-state index contributed by atoms with van der Waals surface area (Å²) in [5.74, 6) is -0.983. The first-order valence-corrected chi connectivity index (χ1v) is 6.90. The van der Waals surface area contributed by atoms with E-state index in [9.17, 15) is 9.59 Å². The molecule has 1 unspecified atom stereocenters. The highest BCUT2D eigenvalue weighted by Crippen LogP contribution is 2.33. The monoisotopic (exact) mass is 346 g/mol. The molecule has 1 saturated carbocycles. The molecule has 0 bridgehead atoms. The summed E-state index contributed by atoms with van der Waals surface area (Å²) in [5, 5.41) is 14.4. The fraction of sp³-hybridized carbons (Fsp3) is 0.333. The Kier molecular flexibility index (Phi) is 4.31. The Morgan fingerprint density at radius 1 is 1.42 bits per heavy atom. The van der Waals surface area contributed by atoms with Crippen molar-refractivity contribution < 1.29 is 14.7 Å². The molecule has 0 aliphatic heterocycles. The second-order valence-electron chi connectivity index (χ2n) is 4.38. The Labute approximate surface area is 123 Å². The van der Waals surface area contributed by atoms with Crippen molar-refractivity contribution in [3.05, 3.63) is 27.7 Å². The van der Waals surface area contributed by atoms with Crippen LogP contribution in [0.2, 0.25) is 5.02 Å². The molecule has 0 heterocycles. The summed E-state index contributed by atoms with van der Waals surface area (Å²) in [7, 11) is 0. The Bertz CT molecular complexity index is 520. The van der Waals surface area contributed by atoms with Gasteiger partial charge >= 0.3 is 12.0 Å². The van der Waals surface area contributed by atoms with Crippen molar-refractivity contribution in [1.29, 1.82) is 0 Å². The Hall–Kier alpha value is -1.27. The SMILES string of the molecule is O=C(Nc1ccc(Br)cc1Cl)NC(C(=O)O)C1CC1. The van der Waals surface area contributed by atoms with E-state index in [1.807, 2.05) is 0 Å². The number of aliphatic carboxylic acids is 1. The van der Waals surface area contributed by atoms with Crippen LogP contribution in [0.15, 0.2) is 22.7 Å². The van der Waals surface area contributed by atoms with Gasteiger partial charge in [0.05, 0.1) is 10.7 Å². The maximum absolute atomic E-state index is 11.7. The lowest BCUT2D eigenvalue weighted by atomic mass is 10.2. The number of carboxylic acids is 1. The number of carbonyl (C=O) groups is 2. The van der Waals surface area contributed by atoms with Crippen LogP contribution in [-0.2, 0) is 4.79 Å². The number of carboxylic acid groups (broad SMARTS) is 1. The number of halogens is 2. The number of hydrogen-bond acceptors (Lipinski definition) is 2. The van der Waals surface area contributed by atoms with Crippen LogP contribution < -0.4 is 10.6 Å². The number of anilines is 1. The number of nitrogens with one attached hydrogen (secondary N) is 2. The third-order valence-electron chi connectivity index (χ3n) is 2.83. The van der Waals surface area contributed by atoms with Gasteiger partial charge < -0.3 is 15.7 Å². The first-order valence-electron chi connectivity index (χ1n) is 5.73. The Morgan fingerprint density at radius 3 is 2.63 bits per heavy atom. The molecule has 7 heteroatoms. The van der Waals surface area contributed by atoms with E-state index in [-0.39, 0.29) is 5.92 Å². The minimum atomic E-state index is -1.01. The minimum absolute atomic E-state index is 0.0311. The van der Waals surface area contributed by atoms with Gasteiger partial charge in [0, 0.05) is 4.47 Å². The van der Waals surface area contributed by atoms with Gasteiger partial charge in [-0.1, -0.05) is 27.5 Å². The number of hydrogen-bond donors (Lipinski definition) is 3. The van der Waals surface area contributed by atoms with E-state index < -0.39 is 18.0 Å². The normalized spacial score (nSPS) is 15.7. The predicted octanol–water partition coefficient (Wildman–Crippen LogP) is 3.09. The van der Waals surface area contributed by atoms with Crippen LogP contribution in [0, 0.1) is 5.92 Å². The molecular weight excluding hydrogens is 336 g/mol. The second-order valence-corrected chi connectivity index (χ2v) is 5.70. The largest absolute Gasteiger partial charge is 0.480 e. The van der Waals surface area contributed by atoms with Gasteiger partial charge in [-0.3, -0.25) is 0 Å². The molecule has 1 aliphatic rings. The summed E-state index contributed by atoms with van der Waals surface area (Å²) in [5.41, 5.74) is 0.433. The summed E-state index contributed by atoms with van der Waals surface area (Å²) >= 11 is 9.22. The third kappa shape index (κ3) is 3.84. The van der Waals surface area contributed by atoms with Crippen LogP contribution in [0.4, 0.5) is 10.5 Å². The lowest BCUT2D eigenvalue weighted by Gasteiger charge is -2.15. The van der Waals surface area contributed by atoms with Crippen LogP contribution in [0.25, 0.3) is 0 Å². The first-order chi connectivity index (χ1) is 8.97. The molecule has 2 amide bonds. The van der Waals surface area contributed by atoms with Gasteiger partial charge in [-0.15, -0.1) is 0 Å². The maximum Gasteiger partial charge on any atom is 0.326 e. The highest BCUT2D eigenvalue weighted by molar-refractivity contribution is 9.10. The molecule has 102 valence electrons. The predicted molar refractivity (Wildman–Crippen MR) is 75.5 cm³/mol. The van der Waals surface area contributed by atoms with E-state index in [1.54, 1.807) is 18.2 Å². The molecule has 19 heavy (non-hydrogen) atoms. The van der Waals surface area contributed by atoms with Crippen LogP contribution in [0.1, 0.15) is 12.8 Å². The van der Waals surface area contributed by atoms with Crippen molar-refractivity contribution in [3.8, 4) is 0 Å². The number of urea groups is 1. The summed E-state index contributed by atoms with van der Waals surface area (Å²) in [6.07, 6.45) is 1.66. The van der Waals surface area contributed by atoms with E-state index in [4.69, 9.17) is 16.7 Å². The molecule has 1 fully saturated rings. The molecule has 0 saturated heterocycles. The molecule has 0 aromatic heterocycles. The third-order valence-corrected chi connectivity index (χ3v) is 3.63. The number of benzene rings is 1. The van der Waals surface area contributed by atoms with E-state index in [0.29, 0.717) is 10.7 Å².